The van der Waals surface area contributed by atoms with Crippen LogP contribution >= 0.6 is 46.9 Å². The minimum Gasteiger partial charge on any atom is -0.478 e. The van der Waals surface area contributed by atoms with Gasteiger partial charge in [-0.05, 0) is 56.0 Å². The summed E-state index contributed by atoms with van der Waals surface area (Å²) in [4.78, 5) is 111. The van der Waals surface area contributed by atoms with Crippen molar-refractivity contribution >= 4 is 69.7 Å². The second-order valence-electron chi connectivity index (χ2n) is 17.3. The predicted octanol–water partition coefficient (Wildman–Crippen LogP) is 5.99. The number of carboxylic acid groups (broad SMARTS) is 1. The lowest BCUT2D eigenvalue weighted by molar-refractivity contribution is -0.0450. The molecule has 3 aliphatic rings. The molecule has 2 aliphatic heterocycles. The molecule has 0 bridgehead atoms. The van der Waals surface area contributed by atoms with E-state index in [-0.39, 0.29) is 41.7 Å². The standard InChI is InChI=1S/C41H51N3O27P6/c1-24-11-14-29-34(18-24)65-35-20-27(43(3)4)13-16-30(35)38(29)28-15-12-26(19-31(28)40(48)49)32(45)10-8-6-5-7-9-17-63-72(51,52)67-74(55,56)69-76(59,60)71-77(61,62)70-75(57,58)68-73(53,54)64-23-36-33(46)21-37(66-36)44-22-25(2)39(47)42-41(44)50/h11-16,18-20,22,33,36-37,46H,5-10,17,21,23H2,1-4H3,(H7-,42,47,48,49,50,51,52,53,54,55,56,57,58,59,60,61,62)/p+1/t33?,36-,37-/m1/s1. The van der Waals surface area contributed by atoms with Gasteiger partial charge in [-0.25, -0.2) is 41.6 Å². The number of aromatic carboxylic acids is 1. The van der Waals surface area contributed by atoms with E-state index in [1.807, 2.05) is 67.0 Å². The van der Waals surface area contributed by atoms with E-state index in [0.29, 0.717) is 59.1 Å². The number of aryl methyl sites for hydroxylation is 2. The fourth-order valence-corrected chi connectivity index (χ4v) is 15.5. The Morgan fingerprint density at radius 2 is 1.30 bits per heavy atom. The second kappa shape index (κ2) is 24.6. The predicted molar refractivity (Wildman–Crippen MR) is 266 cm³/mol. The molecule has 7 unspecified atom stereocenters. The Morgan fingerprint density at radius 1 is 0.727 bits per heavy atom. The molecule has 9 atom stereocenters. The lowest BCUT2D eigenvalue weighted by Gasteiger charge is -2.21. The number of aromatic nitrogens is 2. The maximum absolute atomic E-state index is 13.3. The highest BCUT2D eigenvalue weighted by molar-refractivity contribution is 7.72. The number of nitrogens with one attached hydrogen (secondary N) is 1. The molecule has 3 aromatic rings. The van der Waals surface area contributed by atoms with Crippen LogP contribution in [-0.2, 0) is 62.7 Å². The van der Waals surface area contributed by atoms with Gasteiger partial charge in [0.15, 0.2) is 5.78 Å². The summed E-state index contributed by atoms with van der Waals surface area (Å²) in [7, 11) is -33.5. The van der Waals surface area contributed by atoms with Gasteiger partial charge in [-0.1, -0.05) is 43.5 Å². The third-order valence-electron chi connectivity index (χ3n) is 11.1. The van der Waals surface area contributed by atoms with Gasteiger partial charge in [0.05, 0.1) is 30.9 Å². The van der Waals surface area contributed by atoms with Gasteiger partial charge in [-0.15, -0.1) is 0 Å². The molecule has 1 aliphatic carbocycles. The molecule has 30 nitrogen and oxygen atoms in total. The minimum atomic E-state index is -6.54. The number of phosphoric ester groups is 2. The smallest absolute Gasteiger partial charge is 0.478 e. The summed E-state index contributed by atoms with van der Waals surface area (Å²) in [6.45, 7) is 1.51. The summed E-state index contributed by atoms with van der Waals surface area (Å²) in [6, 6.07) is 15.7. The SMILES string of the molecule is Cc1ccc2c(-c3ccc(C(=O)CCCCCCCOP(=O)(O)OP(=O)(O)OP(=O)(O)OP(=O)(O)OP(=O)(O)OP(=O)(O)OC[C@H]4O[C@@H](n5cc(C)c(=O)[nH]c5=O)CC4O)cc3C(=O)O)c3ccc(=[N+](C)C)cc-3oc2c1. The zero-order valence-electron chi connectivity index (χ0n) is 40.8. The third-order valence-corrected chi connectivity index (χ3v) is 20.4. The third kappa shape index (κ3) is 17.1. The van der Waals surface area contributed by atoms with Crippen LogP contribution < -0.4 is 21.2 Å². The number of rotatable bonds is 26. The number of carbonyl (C=O) groups is 2. The molecule has 0 radical (unpaired) electrons. The molecule has 1 aromatic heterocycles. The summed E-state index contributed by atoms with van der Waals surface area (Å²) < 4.78 is 116. The summed E-state index contributed by atoms with van der Waals surface area (Å²) in [5, 5.41) is 22.2. The minimum absolute atomic E-state index is 0.00693. The molecular formula is C41H52N3O27P6+. The second-order valence-corrected chi connectivity index (χ2v) is 26.7. The van der Waals surface area contributed by atoms with Gasteiger partial charge in [-0.3, -0.25) is 28.2 Å². The average molecular weight is 1200 g/mol. The number of ether oxygens (including phenoxy) is 1. The van der Waals surface area contributed by atoms with Crippen LogP contribution in [0.1, 0.15) is 83.0 Å². The highest BCUT2D eigenvalue weighted by Gasteiger charge is 2.50. The highest BCUT2D eigenvalue weighted by atomic mass is 31.3. The summed E-state index contributed by atoms with van der Waals surface area (Å²) in [5.74, 6) is -1.05. The van der Waals surface area contributed by atoms with Crippen LogP contribution in [0.4, 0.5) is 0 Å². The van der Waals surface area contributed by atoms with Crippen LogP contribution in [0.3, 0.4) is 0 Å². The molecular weight excluding hydrogens is 1150 g/mol. The molecule has 77 heavy (non-hydrogen) atoms. The Balaban J connectivity index is 0.928. The summed E-state index contributed by atoms with van der Waals surface area (Å²) >= 11 is 0. The number of aromatic amines is 1. The number of Topliss-reactive ketones (excluding diaryl/α,β-unsaturated/α-hetero) is 1. The quantitative estimate of drug-likeness (QED) is 0.0101. The van der Waals surface area contributed by atoms with Crippen LogP contribution in [0, 0.1) is 13.8 Å². The Bertz CT molecular complexity index is 3540. The van der Waals surface area contributed by atoms with Gasteiger partial charge in [-0.2, -0.15) is 21.6 Å². The monoisotopic (exact) mass is 1200 g/mol. The number of carboxylic acids is 1. The molecule has 3 heterocycles. The van der Waals surface area contributed by atoms with E-state index >= 15 is 0 Å². The molecule has 1 fully saturated rings. The van der Waals surface area contributed by atoms with E-state index in [1.165, 1.54) is 13.0 Å². The Hall–Kier alpha value is -4.27. The number of carbonyl (C=O) groups excluding carboxylic acids is 1. The zero-order chi connectivity index (χ0) is 57.1. The van der Waals surface area contributed by atoms with Crippen LogP contribution in [-0.4, -0.2) is 100 Å². The maximum Gasteiger partial charge on any atom is 0.490 e. The van der Waals surface area contributed by atoms with Crippen molar-refractivity contribution in [2.75, 3.05) is 27.3 Å². The zero-order valence-corrected chi connectivity index (χ0v) is 46.1. The first kappa shape index (κ1) is 61.9. The maximum atomic E-state index is 13.3. The van der Waals surface area contributed by atoms with Crippen molar-refractivity contribution in [3.05, 3.63) is 109 Å². The van der Waals surface area contributed by atoms with Crippen LogP contribution in [0.2, 0.25) is 0 Å². The molecule has 0 amide bonds. The first-order valence-electron chi connectivity index (χ1n) is 22.5. The van der Waals surface area contributed by atoms with E-state index < -0.39 is 95.8 Å². The first-order valence-corrected chi connectivity index (χ1v) is 31.5. The van der Waals surface area contributed by atoms with Crippen molar-refractivity contribution in [1.29, 1.82) is 0 Å². The van der Waals surface area contributed by atoms with Crippen molar-refractivity contribution in [1.82, 2.24) is 14.1 Å². The van der Waals surface area contributed by atoms with Crippen molar-refractivity contribution < 1.29 is 116 Å². The van der Waals surface area contributed by atoms with Crippen molar-refractivity contribution in [3.8, 4) is 22.5 Å². The molecule has 422 valence electrons. The largest absolute Gasteiger partial charge is 0.490 e. The Morgan fingerprint density at radius 3 is 1.91 bits per heavy atom. The molecule has 9 N–H and O–H groups in total. The molecule has 0 spiro atoms. The van der Waals surface area contributed by atoms with Crippen LogP contribution in [0.5, 0.6) is 0 Å². The fourth-order valence-electron chi connectivity index (χ4n) is 7.67. The molecule has 1 saturated heterocycles. The fraction of sp³-hybridized carbons (Fsp3) is 0.390. The molecule has 6 rings (SSSR count). The van der Waals surface area contributed by atoms with Gasteiger partial charge in [0.1, 0.15) is 37.8 Å². The van der Waals surface area contributed by atoms with Gasteiger partial charge >= 0.3 is 58.6 Å². The number of ketones is 1. The van der Waals surface area contributed by atoms with Gasteiger partial charge in [0, 0.05) is 52.7 Å². The number of phosphoric acid groups is 6. The Labute approximate surface area is 435 Å². The number of aliphatic hydroxyl groups excluding tert-OH is 1. The number of H-pyrrole nitrogens is 1. The molecule has 2 aromatic carbocycles. The summed E-state index contributed by atoms with van der Waals surface area (Å²) in [5.41, 5.74) is 1.63. The highest BCUT2D eigenvalue weighted by Crippen LogP contribution is 2.75. The summed E-state index contributed by atoms with van der Waals surface area (Å²) in [6.07, 6.45) is -1.98. The molecule has 36 heteroatoms. The van der Waals surface area contributed by atoms with E-state index in [1.54, 1.807) is 12.1 Å². The van der Waals surface area contributed by atoms with Gasteiger partial charge < -0.3 is 48.7 Å². The lowest BCUT2D eigenvalue weighted by atomic mass is 9.89. The average Bonchev–Trinajstić information content (AvgIpc) is 3.66. The van der Waals surface area contributed by atoms with E-state index in [0.717, 1.165) is 21.7 Å². The van der Waals surface area contributed by atoms with Crippen molar-refractivity contribution in [2.24, 2.45) is 0 Å². The number of benzene rings is 3. The van der Waals surface area contributed by atoms with E-state index in [9.17, 15) is 86.1 Å². The normalized spacial score (nSPS) is 20.6. The lowest BCUT2D eigenvalue weighted by Crippen LogP contribution is -2.33. The van der Waals surface area contributed by atoms with E-state index in [2.05, 4.69) is 30.6 Å². The Kier molecular flexibility index (Phi) is 19.8. The topological polar surface area (TPSA) is 443 Å². The number of aliphatic hydroxyl groups is 1. The number of fused-ring (bicyclic) bond motifs is 2. The number of hydrogen-bond donors (Lipinski definition) is 9. The van der Waals surface area contributed by atoms with Crippen LogP contribution in [0.15, 0.2) is 74.8 Å². The number of unbranched alkanes of at least 4 members (excludes halogenated alkanes) is 4. The number of hydrogen-bond acceptors (Lipinski definition) is 20. The first-order chi connectivity index (χ1) is 35.6. The van der Waals surface area contributed by atoms with Crippen LogP contribution in [0.25, 0.3) is 33.4 Å². The van der Waals surface area contributed by atoms with Gasteiger partial charge in [0.25, 0.3) is 5.56 Å². The van der Waals surface area contributed by atoms with Crippen molar-refractivity contribution in [2.45, 2.75) is 77.2 Å². The van der Waals surface area contributed by atoms with Crippen molar-refractivity contribution in [3.63, 3.8) is 0 Å². The molecule has 0 saturated carbocycles. The van der Waals surface area contributed by atoms with E-state index in [4.69, 9.17) is 9.15 Å². The van der Waals surface area contributed by atoms with Gasteiger partial charge in [0.2, 0.25) is 5.36 Å². The number of nitrogens with zero attached hydrogens (tertiary/aromatic N) is 2.